The van der Waals surface area contributed by atoms with E-state index in [2.05, 4.69) is 20.9 Å². The fraction of sp³-hybridized carbons (Fsp3) is 0.545. The van der Waals surface area contributed by atoms with Crippen LogP contribution < -0.4 is 4.90 Å². The van der Waals surface area contributed by atoms with Crippen molar-refractivity contribution in [2.45, 2.75) is 19.1 Å². The summed E-state index contributed by atoms with van der Waals surface area (Å²) in [4.78, 5) is 6.03. The fourth-order valence-corrected chi connectivity index (χ4v) is 2.31. The minimum absolute atomic E-state index is 0.0716. The summed E-state index contributed by atoms with van der Waals surface area (Å²) in [5.74, 6) is 0.432. The van der Waals surface area contributed by atoms with Gasteiger partial charge in [0, 0.05) is 17.2 Å². The second kappa shape index (κ2) is 5.50. The Labute approximate surface area is 113 Å². The van der Waals surface area contributed by atoms with Crippen LogP contribution in [0.2, 0.25) is 0 Å². The molecule has 1 aromatic heterocycles. The molecule has 2 heterocycles. The molecule has 2 rings (SSSR count). The van der Waals surface area contributed by atoms with Gasteiger partial charge in [0.1, 0.15) is 0 Å². The van der Waals surface area contributed by atoms with Crippen molar-refractivity contribution < 1.29 is 9.13 Å². The van der Waals surface area contributed by atoms with Gasteiger partial charge in [-0.3, -0.25) is 0 Å². The molecule has 0 radical (unpaired) electrons. The largest absolute Gasteiger partial charge is 0.373 e. The summed E-state index contributed by atoms with van der Waals surface area (Å²) in [6.45, 7) is 3.08. The molecule has 0 aliphatic carbocycles. The Kier molecular flexibility index (Phi) is 4.22. The first-order valence-electron chi connectivity index (χ1n) is 5.37. The monoisotopic (exact) mass is 322 g/mol. The maximum absolute atomic E-state index is 13.8. The molecule has 1 aliphatic heterocycles. The highest BCUT2D eigenvalue weighted by atomic mass is 79.9. The molecule has 1 aliphatic rings. The number of hydrogen-bond donors (Lipinski definition) is 0. The number of hydrogen-bond acceptors (Lipinski definition) is 3. The Bertz CT molecular complexity index is 407. The Morgan fingerprint density at radius 2 is 2.47 bits per heavy atom. The lowest BCUT2D eigenvalue weighted by molar-refractivity contribution is 0.0358. The maximum atomic E-state index is 13.8. The highest BCUT2D eigenvalue weighted by molar-refractivity contribution is 9.10. The Balaban J connectivity index is 2.24. The third kappa shape index (κ3) is 2.89. The van der Waals surface area contributed by atoms with E-state index in [0.717, 1.165) is 0 Å². The number of anilines is 1. The summed E-state index contributed by atoms with van der Waals surface area (Å²) in [5.41, 5.74) is 0. The first-order valence-corrected chi connectivity index (χ1v) is 6.70. The molecule has 0 bridgehead atoms. The average Bonchev–Trinajstić information content (AvgIpc) is 2.30. The van der Waals surface area contributed by atoms with Gasteiger partial charge in [-0.2, -0.15) is 0 Å². The van der Waals surface area contributed by atoms with Gasteiger partial charge in [-0.25, -0.2) is 9.37 Å². The van der Waals surface area contributed by atoms with Gasteiger partial charge >= 0.3 is 0 Å². The summed E-state index contributed by atoms with van der Waals surface area (Å²) in [6, 6.07) is 1.51. The molecule has 1 saturated heterocycles. The van der Waals surface area contributed by atoms with Gasteiger partial charge in [-0.15, -0.1) is 11.6 Å². The predicted octanol–water partition coefficient (Wildman–Crippen LogP) is 2.82. The van der Waals surface area contributed by atoms with E-state index in [9.17, 15) is 4.39 Å². The van der Waals surface area contributed by atoms with E-state index in [0.29, 0.717) is 29.3 Å². The number of rotatable bonds is 2. The van der Waals surface area contributed by atoms with Gasteiger partial charge in [0.15, 0.2) is 11.6 Å². The predicted molar refractivity (Wildman–Crippen MR) is 69.2 cm³/mol. The number of ether oxygens (including phenoxy) is 1. The maximum Gasteiger partial charge on any atom is 0.166 e. The van der Waals surface area contributed by atoms with Crippen LogP contribution in [0.1, 0.15) is 6.92 Å². The van der Waals surface area contributed by atoms with Crippen molar-refractivity contribution in [1.82, 2.24) is 4.98 Å². The zero-order valence-corrected chi connectivity index (χ0v) is 11.7. The van der Waals surface area contributed by atoms with Crippen LogP contribution in [0.25, 0.3) is 0 Å². The Morgan fingerprint density at radius 1 is 1.71 bits per heavy atom. The van der Waals surface area contributed by atoms with Crippen LogP contribution in [0.3, 0.4) is 0 Å². The molecule has 0 saturated carbocycles. The summed E-state index contributed by atoms with van der Waals surface area (Å²) in [7, 11) is 0. The van der Waals surface area contributed by atoms with E-state index < -0.39 is 0 Å². The zero-order chi connectivity index (χ0) is 12.4. The van der Waals surface area contributed by atoms with Crippen molar-refractivity contribution >= 4 is 33.3 Å². The quantitative estimate of drug-likeness (QED) is 0.783. The summed E-state index contributed by atoms with van der Waals surface area (Å²) < 4.78 is 20.0. The highest BCUT2D eigenvalue weighted by Gasteiger charge is 2.28. The Hall–Kier alpha value is -0.390. The minimum Gasteiger partial charge on any atom is -0.373 e. The van der Waals surface area contributed by atoms with Gasteiger partial charge in [-0.1, -0.05) is 0 Å². The number of alkyl halides is 1. The summed E-state index contributed by atoms with van der Waals surface area (Å²) in [6.07, 6.45) is 1.52. The fourth-order valence-electron chi connectivity index (χ4n) is 1.82. The first kappa shape index (κ1) is 13.1. The summed E-state index contributed by atoms with van der Waals surface area (Å²) >= 11 is 8.97. The van der Waals surface area contributed by atoms with E-state index in [1.807, 2.05) is 11.8 Å². The van der Waals surface area contributed by atoms with Gasteiger partial charge in [0.2, 0.25) is 0 Å². The van der Waals surface area contributed by atoms with Crippen molar-refractivity contribution in [2.24, 2.45) is 0 Å². The summed E-state index contributed by atoms with van der Waals surface area (Å²) in [5, 5.41) is 0. The van der Waals surface area contributed by atoms with E-state index in [-0.39, 0.29) is 18.0 Å². The SMILES string of the molecule is CC1COC(CCl)CN1c1ncc(Br)cc1F. The molecular formula is C11H13BrClFN2O. The molecule has 17 heavy (non-hydrogen) atoms. The number of nitrogens with zero attached hydrogens (tertiary/aromatic N) is 2. The van der Waals surface area contributed by atoms with Crippen LogP contribution in [0.4, 0.5) is 10.2 Å². The highest BCUT2D eigenvalue weighted by Crippen LogP contribution is 2.24. The van der Waals surface area contributed by atoms with Crippen LogP contribution in [0.15, 0.2) is 16.7 Å². The van der Waals surface area contributed by atoms with Crippen molar-refractivity contribution in [2.75, 3.05) is 23.9 Å². The molecule has 1 aromatic rings. The van der Waals surface area contributed by atoms with Gasteiger partial charge in [0.05, 0.1) is 24.6 Å². The van der Waals surface area contributed by atoms with E-state index >= 15 is 0 Å². The van der Waals surface area contributed by atoms with Gasteiger partial charge < -0.3 is 9.64 Å². The van der Waals surface area contributed by atoms with Crippen molar-refractivity contribution in [3.8, 4) is 0 Å². The molecule has 1 fully saturated rings. The van der Waals surface area contributed by atoms with Crippen molar-refractivity contribution in [3.05, 3.63) is 22.6 Å². The minimum atomic E-state index is -0.332. The van der Waals surface area contributed by atoms with Crippen LogP contribution in [-0.4, -0.2) is 36.2 Å². The lowest BCUT2D eigenvalue weighted by Gasteiger charge is -2.38. The average molecular weight is 324 g/mol. The molecule has 0 N–H and O–H groups in total. The van der Waals surface area contributed by atoms with Crippen LogP contribution >= 0.6 is 27.5 Å². The lowest BCUT2D eigenvalue weighted by atomic mass is 10.2. The lowest BCUT2D eigenvalue weighted by Crippen LogP contribution is -2.49. The molecule has 0 amide bonds. The number of morpholine rings is 1. The Morgan fingerprint density at radius 3 is 3.12 bits per heavy atom. The molecule has 0 spiro atoms. The van der Waals surface area contributed by atoms with E-state index in [1.54, 1.807) is 6.20 Å². The molecule has 6 heteroatoms. The molecule has 3 nitrogen and oxygen atoms in total. The second-order valence-electron chi connectivity index (χ2n) is 4.07. The van der Waals surface area contributed by atoms with E-state index in [1.165, 1.54) is 6.07 Å². The number of pyridine rings is 1. The number of halogens is 3. The van der Waals surface area contributed by atoms with Crippen LogP contribution in [0.5, 0.6) is 0 Å². The van der Waals surface area contributed by atoms with Gasteiger partial charge in [-0.05, 0) is 28.9 Å². The third-order valence-corrected chi connectivity index (χ3v) is 3.52. The standard InChI is InChI=1S/C11H13BrClFN2O/c1-7-6-17-9(3-13)5-16(7)11-10(14)2-8(12)4-15-11/h2,4,7,9H,3,5-6H2,1H3. The van der Waals surface area contributed by atoms with E-state index in [4.69, 9.17) is 16.3 Å². The molecular weight excluding hydrogens is 310 g/mol. The zero-order valence-electron chi connectivity index (χ0n) is 9.37. The normalized spacial score (nSPS) is 25.1. The van der Waals surface area contributed by atoms with Crippen LogP contribution in [-0.2, 0) is 4.74 Å². The van der Waals surface area contributed by atoms with Crippen molar-refractivity contribution in [1.29, 1.82) is 0 Å². The first-order chi connectivity index (χ1) is 8.11. The number of aromatic nitrogens is 1. The molecule has 2 unspecified atom stereocenters. The molecule has 94 valence electrons. The van der Waals surface area contributed by atoms with Gasteiger partial charge in [0.25, 0.3) is 0 Å². The van der Waals surface area contributed by atoms with Crippen LogP contribution in [0, 0.1) is 5.82 Å². The molecule has 2 atom stereocenters. The van der Waals surface area contributed by atoms with Crippen molar-refractivity contribution in [3.63, 3.8) is 0 Å². The third-order valence-electron chi connectivity index (χ3n) is 2.74. The smallest absolute Gasteiger partial charge is 0.166 e. The molecule has 0 aromatic carbocycles. The topological polar surface area (TPSA) is 25.4 Å². The second-order valence-corrected chi connectivity index (χ2v) is 5.29.